The van der Waals surface area contributed by atoms with Gasteiger partial charge in [0, 0.05) is 37.5 Å². The second kappa shape index (κ2) is 8.51. The highest BCUT2D eigenvalue weighted by atomic mass is 19.4. The molecule has 5 nitrogen and oxygen atoms in total. The predicted molar refractivity (Wildman–Crippen MR) is 110 cm³/mol. The number of methoxy groups -OCH3 is 1. The summed E-state index contributed by atoms with van der Waals surface area (Å²) in [4.78, 5) is 14.7. The summed E-state index contributed by atoms with van der Waals surface area (Å²) in [6.45, 7) is 2.20. The number of alkyl halides is 3. The van der Waals surface area contributed by atoms with E-state index in [0.717, 1.165) is 30.5 Å². The van der Waals surface area contributed by atoms with Crippen molar-refractivity contribution in [2.45, 2.75) is 30.7 Å². The fourth-order valence-corrected chi connectivity index (χ4v) is 4.01. The van der Waals surface area contributed by atoms with E-state index < -0.39 is 17.3 Å². The first-order valence-corrected chi connectivity index (χ1v) is 10.3. The number of amides is 1. The van der Waals surface area contributed by atoms with Gasteiger partial charge in [0.25, 0.3) is 5.91 Å². The summed E-state index contributed by atoms with van der Waals surface area (Å²) in [7, 11) is 1.66. The Bertz CT molecular complexity index is 896. The lowest BCUT2D eigenvalue weighted by molar-refractivity contribution is -0.202. The number of ether oxygens (including phenoxy) is 2. The molecule has 1 amide bonds. The summed E-state index contributed by atoms with van der Waals surface area (Å²) in [5, 5.41) is 3.27. The molecule has 8 heteroatoms. The maximum Gasteiger partial charge on any atom is 0.416 e. The van der Waals surface area contributed by atoms with Crippen LogP contribution in [-0.4, -0.2) is 50.3 Å². The van der Waals surface area contributed by atoms with Gasteiger partial charge in [-0.15, -0.1) is 0 Å². The summed E-state index contributed by atoms with van der Waals surface area (Å²) in [5.74, 6) is -0.0177. The van der Waals surface area contributed by atoms with Crippen LogP contribution in [0.15, 0.2) is 48.5 Å². The number of nitrogens with one attached hydrogen (secondary N) is 1. The highest BCUT2D eigenvalue weighted by Crippen LogP contribution is 2.33. The van der Waals surface area contributed by atoms with Gasteiger partial charge in [-0.05, 0) is 54.8 Å². The van der Waals surface area contributed by atoms with E-state index in [2.05, 4.69) is 5.32 Å². The number of anilines is 1. The smallest absolute Gasteiger partial charge is 0.382 e. The first-order chi connectivity index (χ1) is 14.8. The standard InChI is InChI=1S/C23H25F3N2O3/c1-30-22(14-31-15-22)17-4-2-16(3-5-17)21(29)28-12-10-20(11-13-28)27-19-8-6-18(7-9-19)23(24,25)26/h2-9,20,27H,10-15H2,1H3. The number of rotatable bonds is 5. The van der Waals surface area contributed by atoms with Gasteiger partial charge < -0.3 is 19.7 Å². The molecule has 0 spiro atoms. The van der Waals surface area contributed by atoms with E-state index in [1.54, 1.807) is 7.11 Å². The number of benzene rings is 2. The van der Waals surface area contributed by atoms with Gasteiger partial charge in [-0.3, -0.25) is 4.79 Å². The third-order valence-electron chi connectivity index (χ3n) is 6.08. The van der Waals surface area contributed by atoms with Crippen molar-refractivity contribution in [2.24, 2.45) is 0 Å². The zero-order valence-corrected chi connectivity index (χ0v) is 17.2. The summed E-state index contributed by atoms with van der Waals surface area (Å²) < 4.78 is 48.9. The topological polar surface area (TPSA) is 50.8 Å². The molecule has 2 saturated heterocycles. The average Bonchev–Trinajstić information content (AvgIpc) is 2.74. The maximum atomic E-state index is 12.9. The van der Waals surface area contributed by atoms with Crippen LogP contribution in [0, 0.1) is 0 Å². The van der Waals surface area contributed by atoms with E-state index in [1.165, 1.54) is 12.1 Å². The molecule has 0 atom stereocenters. The molecule has 2 aliphatic rings. The molecule has 0 saturated carbocycles. The Morgan fingerprint density at radius 2 is 1.68 bits per heavy atom. The molecule has 2 aromatic carbocycles. The van der Waals surface area contributed by atoms with Crippen LogP contribution in [0.1, 0.15) is 34.3 Å². The molecular weight excluding hydrogens is 409 g/mol. The Kier molecular flexibility index (Phi) is 5.94. The first-order valence-electron chi connectivity index (χ1n) is 10.3. The maximum absolute atomic E-state index is 12.9. The SMILES string of the molecule is COC1(c2ccc(C(=O)N3CCC(Nc4ccc(C(F)(F)F)cc4)CC3)cc2)COC1. The highest BCUT2D eigenvalue weighted by molar-refractivity contribution is 5.94. The number of halogens is 3. The molecule has 1 N–H and O–H groups in total. The van der Waals surface area contributed by atoms with E-state index in [0.29, 0.717) is 37.6 Å². The van der Waals surface area contributed by atoms with Crippen molar-refractivity contribution in [2.75, 3.05) is 38.7 Å². The van der Waals surface area contributed by atoms with Crippen molar-refractivity contribution < 1.29 is 27.4 Å². The Morgan fingerprint density at radius 1 is 1.06 bits per heavy atom. The van der Waals surface area contributed by atoms with Gasteiger partial charge in [-0.25, -0.2) is 0 Å². The minimum atomic E-state index is -4.34. The van der Waals surface area contributed by atoms with Gasteiger partial charge in [-0.1, -0.05) is 12.1 Å². The number of hydrogen-bond donors (Lipinski definition) is 1. The van der Waals surface area contributed by atoms with Crippen molar-refractivity contribution in [3.63, 3.8) is 0 Å². The molecule has 0 aromatic heterocycles. The number of hydrogen-bond acceptors (Lipinski definition) is 4. The summed E-state index contributed by atoms with van der Waals surface area (Å²) >= 11 is 0. The Morgan fingerprint density at radius 3 is 2.16 bits per heavy atom. The van der Waals surface area contributed by atoms with E-state index in [-0.39, 0.29) is 11.9 Å². The minimum Gasteiger partial charge on any atom is -0.382 e. The molecule has 0 unspecified atom stereocenters. The second-order valence-corrected chi connectivity index (χ2v) is 8.05. The van der Waals surface area contributed by atoms with E-state index in [9.17, 15) is 18.0 Å². The quantitative estimate of drug-likeness (QED) is 0.763. The Labute approximate surface area is 179 Å². The van der Waals surface area contributed by atoms with Gasteiger partial charge in [-0.2, -0.15) is 13.2 Å². The van der Waals surface area contributed by atoms with E-state index in [1.807, 2.05) is 29.2 Å². The van der Waals surface area contributed by atoms with Gasteiger partial charge in [0.15, 0.2) is 0 Å². The zero-order chi connectivity index (χ0) is 22.1. The molecule has 2 aromatic rings. The molecule has 0 aliphatic carbocycles. The zero-order valence-electron chi connectivity index (χ0n) is 17.2. The molecule has 0 radical (unpaired) electrons. The lowest BCUT2D eigenvalue weighted by Crippen LogP contribution is -2.48. The Hall–Kier alpha value is -2.58. The predicted octanol–water partition coefficient (Wildman–Crippen LogP) is 4.29. The summed E-state index contributed by atoms with van der Waals surface area (Å²) in [6, 6.07) is 12.6. The monoisotopic (exact) mass is 434 g/mol. The van der Waals surface area contributed by atoms with Crippen LogP contribution in [0.4, 0.5) is 18.9 Å². The number of carbonyl (C=O) groups excluding carboxylic acids is 1. The highest BCUT2D eigenvalue weighted by Gasteiger charge is 2.40. The molecule has 0 bridgehead atoms. The van der Waals surface area contributed by atoms with Crippen molar-refractivity contribution in [1.82, 2.24) is 4.90 Å². The van der Waals surface area contributed by atoms with Crippen molar-refractivity contribution in [3.8, 4) is 0 Å². The van der Waals surface area contributed by atoms with Gasteiger partial charge in [0.05, 0.1) is 18.8 Å². The van der Waals surface area contributed by atoms with Crippen LogP contribution in [0.5, 0.6) is 0 Å². The van der Waals surface area contributed by atoms with Crippen LogP contribution in [0.2, 0.25) is 0 Å². The molecule has 166 valence electrons. The van der Waals surface area contributed by atoms with Crippen molar-refractivity contribution >= 4 is 11.6 Å². The summed E-state index contributed by atoms with van der Waals surface area (Å²) in [6.07, 6.45) is -2.87. The van der Waals surface area contributed by atoms with Crippen LogP contribution >= 0.6 is 0 Å². The molecule has 4 rings (SSSR count). The van der Waals surface area contributed by atoms with Crippen LogP contribution in [-0.2, 0) is 21.3 Å². The average molecular weight is 434 g/mol. The van der Waals surface area contributed by atoms with Gasteiger partial charge >= 0.3 is 6.18 Å². The molecule has 31 heavy (non-hydrogen) atoms. The lowest BCUT2D eigenvalue weighted by atomic mass is 9.91. The number of likely N-dealkylation sites (tertiary alicyclic amines) is 1. The van der Waals surface area contributed by atoms with Crippen LogP contribution in [0.3, 0.4) is 0 Å². The number of nitrogens with zero attached hydrogens (tertiary/aromatic N) is 1. The first kappa shape index (κ1) is 21.6. The molecule has 2 heterocycles. The van der Waals surface area contributed by atoms with E-state index in [4.69, 9.17) is 9.47 Å². The normalized spacial score (nSPS) is 19.0. The summed E-state index contributed by atoms with van der Waals surface area (Å²) in [5.41, 5.74) is 1.21. The minimum absolute atomic E-state index is 0.0177. The van der Waals surface area contributed by atoms with E-state index >= 15 is 0 Å². The largest absolute Gasteiger partial charge is 0.416 e. The fraction of sp³-hybridized carbons (Fsp3) is 0.435. The van der Waals surface area contributed by atoms with Crippen molar-refractivity contribution in [3.05, 3.63) is 65.2 Å². The molecule has 2 fully saturated rings. The lowest BCUT2D eigenvalue weighted by Gasteiger charge is -2.40. The van der Waals surface area contributed by atoms with Gasteiger partial charge in [0.2, 0.25) is 0 Å². The van der Waals surface area contributed by atoms with Crippen molar-refractivity contribution in [1.29, 1.82) is 0 Å². The van der Waals surface area contributed by atoms with Crippen LogP contribution < -0.4 is 5.32 Å². The Balaban J connectivity index is 1.31. The third kappa shape index (κ3) is 4.55. The molecule has 2 aliphatic heterocycles. The number of piperidine rings is 1. The third-order valence-corrected chi connectivity index (χ3v) is 6.08. The fourth-order valence-electron chi connectivity index (χ4n) is 4.01. The number of carbonyl (C=O) groups is 1. The van der Waals surface area contributed by atoms with Crippen LogP contribution in [0.25, 0.3) is 0 Å². The van der Waals surface area contributed by atoms with Gasteiger partial charge in [0.1, 0.15) is 5.60 Å². The molecular formula is C23H25F3N2O3. The second-order valence-electron chi connectivity index (χ2n) is 8.05.